The summed E-state index contributed by atoms with van der Waals surface area (Å²) in [5.41, 5.74) is -0.411. The molecule has 0 aliphatic carbocycles. The molecule has 6 nitrogen and oxygen atoms in total. The van der Waals surface area contributed by atoms with E-state index >= 15 is 0 Å². The van der Waals surface area contributed by atoms with E-state index in [1.807, 2.05) is 30.7 Å². The number of amides is 1. The molecule has 0 radical (unpaired) electrons. The number of piperidine rings is 1. The summed E-state index contributed by atoms with van der Waals surface area (Å²) in [5, 5.41) is 1.88. The normalized spacial score (nSPS) is 23.9. The van der Waals surface area contributed by atoms with Crippen LogP contribution in [0.1, 0.15) is 33.6 Å². The van der Waals surface area contributed by atoms with Crippen molar-refractivity contribution in [2.45, 2.75) is 45.3 Å². The maximum Gasteiger partial charge on any atom is 0.410 e. The second-order valence-corrected chi connectivity index (χ2v) is 6.77. The Bertz CT molecular complexity index is 327. The van der Waals surface area contributed by atoms with Crippen molar-refractivity contribution in [3.05, 3.63) is 0 Å². The molecule has 0 unspecified atom stereocenters. The predicted octanol–water partition coefficient (Wildman–Crippen LogP) is 0.877. The zero-order valence-corrected chi connectivity index (χ0v) is 13.0. The van der Waals surface area contributed by atoms with Crippen LogP contribution in [0.25, 0.3) is 0 Å². The fraction of sp³-hybridized carbons (Fsp3) is 0.929. The molecule has 2 fully saturated rings. The Balaban J connectivity index is 1.76. The summed E-state index contributed by atoms with van der Waals surface area (Å²) in [6, 6.07) is 0.586. The van der Waals surface area contributed by atoms with Gasteiger partial charge in [-0.25, -0.2) is 9.80 Å². The molecule has 116 valence electrons. The molecule has 2 aliphatic heterocycles. The van der Waals surface area contributed by atoms with Crippen molar-refractivity contribution in [2.75, 3.05) is 39.3 Å². The number of nitrogens with two attached hydrogens (primary N) is 1. The standard InChI is InChI=1S/C14H28N4O2/c1-14(2,3)20-13(19)17-6-4-12(5-7-17)16-8-10-18(15)11-9-16/h12H,4-11,15H2,1-3H3. The lowest BCUT2D eigenvalue weighted by Gasteiger charge is -2.41. The minimum atomic E-state index is -0.411. The largest absolute Gasteiger partial charge is 0.444 e. The van der Waals surface area contributed by atoms with Crippen LogP contribution < -0.4 is 5.84 Å². The van der Waals surface area contributed by atoms with E-state index in [-0.39, 0.29) is 6.09 Å². The molecule has 0 aromatic rings. The Morgan fingerprint density at radius 3 is 2.10 bits per heavy atom. The zero-order chi connectivity index (χ0) is 14.8. The van der Waals surface area contributed by atoms with Crippen LogP contribution in [0.4, 0.5) is 4.79 Å². The highest BCUT2D eigenvalue weighted by molar-refractivity contribution is 5.68. The smallest absolute Gasteiger partial charge is 0.410 e. The van der Waals surface area contributed by atoms with E-state index in [4.69, 9.17) is 10.6 Å². The molecule has 6 heteroatoms. The van der Waals surface area contributed by atoms with E-state index in [1.54, 1.807) is 0 Å². The van der Waals surface area contributed by atoms with Crippen molar-refractivity contribution in [1.82, 2.24) is 14.8 Å². The zero-order valence-electron chi connectivity index (χ0n) is 13.0. The fourth-order valence-electron chi connectivity index (χ4n) is 2.84. The highest BCUT2D eigenvalue weighted by Crippen LogP contribution is 2.19. The molecular formula is C14H28N4O2. The van der Waals surface area contributed by atoms with Crippen LogP contribution in [0.15, 0.2) is 0 Å². The summed E-state index contributed by atoms with van der Waals surface area (Å²) in [6.07, 6.45) is 1.89. The molecule has 0 atom stereocenters. The third kappa shape index (κ3) is 4.33. The molecule has 2 rings (SSSR count). The van der Waals surface area contributed by atoms with Crippen LogP contribution in [0, 0.1) is 0 Å². The summed E-state index contributed by atoms with van der Waals surface area (Å²) < 4.78 is 5.42. The molecule has 0 aromatic carbocycles. The van der Waals surface area contributed by atoms with E-state index in [2.05, 4.69) is 4.90 Å². The molecule has 2 N–H and O–H groups in total. The number of hydrazine groups is 1. The first-order chi connectivity index (χ1) is 9.35. The van der Waals surface area contributed by atoms with Crippen molar-refractivity contribution in [2.24, 2.45) is 5.84 Å². The first kappa shape index (κ1) is 15.5. The summed E-state index contributed by atoms with van der Waals surface area (Å²) >= 11 is 0. The molecule has 0 spiro atoms. The monoisotopic (exact) mass is 284 g/mol. The lowest BCUT2D eigenvalue weighted by molar-refractivity contribution is 0.0100. The summed E-state index contributed by atoms with van der Waals surface area (Å²) in [7, 11) is 0. The van der Waals surface area contributed by atoms with Gasteiger partial charge in [-0.2, -0.15) is 0 Å². The molecule has 2 heterocycles. The second-order valence-electron chi connectivity index (χ2n) is 6.77. The van der Waals surface area contributed by atoms with Gasteiger partial charge in [0.1, 0.15) is 5.60 Å². The van der Waals surface area contributed by atoms with Crippen LogP contribution in [-0.4, -0.2) is 71.8 Å². The molecule has 0 bridgehead atoms. The predicted molar refractivity (Wildman–Crippen MR) is 78.2 cm³/mol. The first-order valence-corrected chi connectivity index (χ1v) is 7.57. The van der Waals surface area contributed by atoms with Crippen molar-refractivity contribution >= 4 is 6.09 Å². The number of rotatable bonds is 1. The van der Waals surface area contributed by atoms with Gasteiger partial charge in [-0.15, -0.1) is 0 Å². The van der Waals surface area contributed by atoms with Crippen LogP contribution in [0.3, 0.4) is 0 Å². The Kier molecular flexibility index (Phi) is 4.88. The van der Waals surface area contributed by atoms with Crippen molar-refractivity contribution in [3.63, 3.8) is 0 Å². The third-order valence-corrected chi connectivity index (χ3v) is 3.98. The third-order valence-electron chi connectivity index (χ3n) is 3.98. The fourth-order valence-corrected chi connectivity index (χ4v) is 2.84. The van der Waals surface area contributed by atoms with Gasteiger partial charge in [-0.1, -0.05) is 0 Å². The topological polar surface area (TPSA) is 62.0 Å². The van der Waals surface area contributed by atoms with Gasteiger partial charge in [0.05, 0.1) is 0 Å². The summed E-state index contributed by atoms with van der Waals surface area (Å²) in [4.78, 5) is 16.4. The van der Waals surface area contributed by atoms with Gasteiger partial charge in [-0.05, 0) is 33.6 Å². The van der Waals surface area contributed by atoms with E-state index in [0.717, 1.165) is 52.1 Å². The maximum atomic E-state index is 12.0. The van der Waals surface area contributed by atoms with Gasteiger partial charge in [-0.3, -0.25) is 10.7 Å². The number of carbonyl (C=O) groups excluding carboxylic acids is 1. The molecule has 2 saturated heterocycles. The van der Waals surface area contributed by atoms with Crippen molar-refractivity contribution in [1.29, 1.82) is 0 Å². The SMILES string of the molecule is CC(C)(C)OC(=O)N1CCC(N2CCN(N)CC2)CC1. The van der Waals surface area contributed by atoms with Gasteiger partial charge in [0.25, 0.3) is 0 Å². The summed E-state index contributed by atoms with van der Waals surface area (Å²) in [5.74, 6) is 5.78. The Morgan fingerprint density at radius 1 is 1.05 bits per heavy atom. The highest BCUT2D eigenvalue weighted by Gasteiger charge is 2.30. The molecule has 0 saturated carbocycles. The molecule has 2 aliphatic rings. The molecular weight excluding hydrogens is 256 g/mol. The first-order valence-electron chi connectivity index (χ1n) is 7.57. The Hall–Kier alpha value is -0.850. The number of hydrogen-bond acceptors (Lipinski definition) is 5. The van der Waals surface area contributed by atoms with Gasteiger partial charge < -0.3 is 9.64 Å². The van der Waals surface area contributed by atoms with Gasteiger partial charge in [0, 0.05) is 45.3 Å². The van der Waals surface area contributed by atoms with Crippen molar-refractivity contribution in [3.8, 4) is 0 Å². The average molecular weight is 284 g/mol. The van der Waals surface area contributed by atoms with Gasteiger partial charge in [0.2, 0.25) is 0 Å². The lowest BCUT2D eigenvalue weighted by Crippen LogP contribution is -2.55. The molecule has 0 aromatic heterocycles. The van der Waals surface area contributed by atoms with Crippen LogP contribution in [0.2, 0.25) is 0 Å². The number of piperazine rings is 1. The van der Waals surface area contributed by atoms with Gasteiger partial charge in [0.15, 0.2) is 0 Å². The second kappa shape index (κ2) is 6.28. The Labute approximate surface area is 121 Å². The minimum absolute atomic E-state index is 0.178. The number of likely N-dealkylation sites (tertiary alicyclic amines) is 1. The average Bonchev–Trinajstić information content (AvgIpc) is 2.38. The van der Waals surface area contributed by atoms with E-state index < -0.39 is 5.60 Å². The quantitative estimate of drug-likeness (QED) is 0.724. The minimum Gasteiger partial charge on any atom is -0.444 e. The van der Waals surface area contributed by atoms with E-state index in [9.17, 15) is 4.79 Å². The number of nitrogens with zero attached hydrogens (tertiary/aromatic N) is 3. The Morgan fingerprint density at radius 2 is 1.60 bits per heavy atom. The van der Waals surface area contributed by atoms with E-state index in [0.29, 0.717) is 6.04 Å². The van der Waals surface area contributed by atoms with E-state index in [1.165, 1.54) is 0 Å². The molecule has 20 heavy (non-hydrogen) atoms. The van der Waals surface area contributed by atoms with Gasteiger partial charge >= 0.3 is 6.09 Å². The number of carbonyl (C=O) groups is 1. The van der Waals surface area contributed by atoms with Crippen LogP contribution >= 0.6 is 0 Å². The molecule has 1 amide bonds. The number of ether oxygens (including phenoxy) is 1. The lowest BCUT2D eigenvalue weighted by atomic mass is 10.0. The highest BCUT2D eigenvalue weighted by atomic mass is 16.6. The van der Waals surface area contributed by atoms with Crippen LogP contribution in [-0.2, 0) is 4.74 Å². The van der Waals surface area contributed by atoms with Crippen LogP contribution in [0.5, 0.6) is 0 Å². The van der Waals surface area contributed by atoms with Crippen molar-refractivity contribution < 1.29 is 9.53 Å². The maximum absolute atomic E-state index is 12.0. The summed E-state index contributed by atoms with van der Waals surface area (Å²) in [6.45, 7) is 11.3. The number of hydrogen-bond donors (Lipinski definition) is 1.